The van der Waals surface area contributed by atoms with Crippen molar-refractivity contribution in [3.8, 4) is 11.5 Å². The molecule has 0 spiro atoms. The van der Waals surface area contributed by atoms with E-state index in [1.165, 1.54) is 0 Å². The van der Waals surface area contributed by atoms with Crippen LogP contribution in [0.25, 0.3) is 0 Å². The number of anilines is 1. The molecule has 1 saturated heterocycles. The maximum atomic E-state index is 13.5. The number of piperazine rings is 1. The zero-order valence-corrected chi connectivity index (χ0v) is 20.3. The highest BCUT2D eigenvalue weighted by molar-refractivity contribution is 6.42. The van der Waals surface area contributed by atoms with E-state index >= 15 is 0 Å². The molecular weight excluding hydrogens is 477 g/mol. The minimum absolute atomic E-state index is 0.00461. The normalized spacial score (nSPS) is 19.3. The number of nitrogens with zero attached hydrogens (tertiary/aromatic N) is 2. The predicted molar refractivity (Wildman–Crippen MR) is 131 cm³/mol. The monoisotopic (exact) mass is 503 g/mol. The Morgan fingerprint density at radius 1 is 0.912 bits per heavy atom. The van der Waals surface area contributed by atoms with Crippen molar-refractivity contribution in [2.24, 2.45) is 5.92 Å². The number of nitrogens with one attached hydrogen (secondary N) is 1. The number of carbonyl (C=O) groups is 2. The first-order valence-corrected chi connectivity index (χ1v) is 12.4. The molecule has 2 aliphatic heterocycles. The van der Waals surface area contributed by atoms with Gasteiger partial charge in [-0.25, -0.2) is 0 Å². The molecular formula is C25H27Cl2N3O4. The van der Waals surface area contributed by atoms with Crippen LogP contribution in [0.2, 0.25) is 10.0 Å². The van der Waals surface area contributed by atoms with Crippen molar-refractivity contribution in [3.63, 3.8) is 0 Å². The summed E-state index contributed by atoms with van der Waals surface area (Å²) in [5, 5.41) is 3.89. The molecule has 1 N–H and O–H groups in total. The molecule has 1 atom stereocenters. The van der Waals surface area contributed by atoms with Crippen LogP contribution in [-0.2, 0) is 4.79 Å². The van der Waals surface area contributed by atoms with Crippen molar-refractivity contribution in [3.05, 3.63) is 52.0 Å². The third-order valence-electron chi connectivity index (χ3n) is 6.92. The van der Waals surface area contributed by atoms with Gasteiger partial charge in [0.15, 0.2) is 11.5 Å². The molecule has 180 valence electrons. The molecule has 34 heavy (non-hydrogen) atoms. The van der Waals surface area contributed by atoms with Crippen LogP contribution in [0, 0.1) is 5.92 Å². The molecule has 9 heteroatoms. The molecule has 3 aliphatic rings. The Balaban J connectivity index is 1.26. The van der Waals surface area contributed by atoms with E-state index in [1.807, 2.05) is 17.0 Å². The van der Waals surface area contributed by atoms with Gasteiger partial charge in [0.2, 0.25) is 12.7 Å². The van der Waals surface area contributed by atoms with Gasteiger partial charge in [-0.1, -0.05) is 36.0 Å². The highest BCUT2D eigenvalue weighted by Gasteiger charge is 2.37. The van der Waals surface area contributed by atoms with Crippen molar-refractivity contribution >= 4 is 40.7 Å². The van der Waals surface area contributed by atoms with E-state index in [4.69, 9.17) is 32.7 Å². The number of ether oxygens (including phenoxy) is 2. The van der Waals surface area contributed by atoms with Gasteiger partial charge in [0.05, 0.1) is 16.1 Å². The van der Waals surface area contributed by atoms with E-state index in [2.05, 4.69) is 10.2 Å². The van der Waals surface area contributed by atoms with Crippen LogP contribution in [-0.4, -0.2) is 60.6 Å². The Bertz CT molecular complexity index is 1080. The van der Waals surface area contributed by atoms with Crippen molar-refractivity contribution in [2.75, 3.05) is 38.3 Å². The molecule has 2 amide bonds. The molecule has 7 nitrogen and oxygen atoms in total. The van der Waals surface area contributed by atoms with Gasteiger partial charge in [0.1, 0.15) is 0 Å². The second-order valence-electron chi connectivity index (χ2n) is 9.00. The molecule has 0 unspecified atom stereocenters. The number of hydrogen-bond acceptors (Lipinski definition) is 5. The van der Waals surface area contributed by atoms with E-state index in [9.17, 15) is 9.59 Å². The molecule has 1 saturated carbocycles. The van der Waals surface area contributed by atoms with Gasteiger partial charge in [0, 0.05) is 43.5 Å². The van der Waals surface area contributed by atoms with Gasteiger partial charge in [-0.05, 0) is 49.1 Å². The summed E-state index contributed by atoms with van der Waals surface area (Å²) < 4.78 is 10.8. The average Bonchev–Trinajstić information content (AvgIpc) is 3.53. The van der Waals surface area contributed by atoms with Gasteiger partial charge in [-0.2, -0.15) is 0 Å². The minimum Gasteiger partial charge on any atom is -0.454 e. The molecule has 1 aliphatic carbocycles. The number of hydrogen-bond donors (Lipinski definition) is 1. The molecule has 0 aromatic heterocycles. The van der Waals surface area contributed by atoms with Gasteiger partial charge < -0.3 is 19.7 Å². The van der Waals surface area contributed by atoms with Gasteiger partial charge >= 0.3 is 0 Å². The summed E-state index contributed by atoms with van der Waals surface area (Å²) in [5.74, 6) is 1.57. The van der Waals surface area contributed by atoms with Gasteiger partial charge in [-0.3, -0.25) is 14.5 Å². The summed E-state index contributed by atoms with van der Waals surface area (Å²) in [4.78, 5) is 30.5. The second kappa shape index (κ2) is 10.0. The molecule has 5 rings (SSSR count). The molecule has 0 bridgehead atoms. The lowest BCUT2D eigenvalue weighted by molar-refractivity contribution is -0.123. The Kier molecular flexibility index (Phi) is 6.86. The van der Waals surface area contributed by atoms with Crippen LogP contribution in [0.1, 0.15) is 36.0 Å². The number of benzene rings is 2. The smallest absolute Gasteiger partial charge is 0.253 e. The zero-order valence-electron chi connectivity index (χ0n) is 18.8. The number of halogens is 2. The van der Waals surface area contributed by atoms with E-state index < -0.39 is 0 Å². The summed E-state index contributed by atoms with van der Waals surface area (Å²) in [6, 6.07) is 10.2. The predicted octanol–water partition coefficient (Wildman–Crippen LogP) is 4.68. The number of carbonyl (C=O) groups excluding carboxylic acids is 2. The fourth-order valence-corrected chi connectivity index (χ4v) is 5.45. The summed E-state index contributed by atoms with van der Waals surface area (Å²) in [6.45, 7) is 2.59. The van der Waals surface area contributed by atoms with Crippen LogP contribution in [0.4, 0.5) is 5.69 Å². The van der Waals surface area contributed by atoms with Crippen molar-refractivity contribution in [1.29, 1.82) is 0 Å². The van der Waals surface area contributed by atoms with Gasteiger partial charge in [-0.15, -0.1) is 0 Å². The van der Waals surface area contributed by atoms with Gasteiger partial charge in [0.25, 0.3) is 5.91 Å². The number of amides is 2. The topological polar surface area (TPSA) is 71.1 Å². The summed E-state index contributed by atoms with van der Waals surface area (Å²) in [7, 11) is 0. The first-order valence-electron chi connectivity index (χ1n) is 11.7. The Hall–Kier alpha value is -2.48. The Labute approximate surface area is 208 Å². The summed E-state index contributed by atoms with van der Waals surface area (Å²) >= 11 is 12.1. The number of rotatable bonds is 5. The molecule has 2 fully saturated rings. The Morgan fingerprint density at radius 3 is 2.38 bits per heavy atom. The zero-order chi connectivity index (χ0) is 23.7. The average molecular weight is 504 g/mol. The van der Waals surface area contributed by atoms with Crippen molar-refractivity contribution in [2.45, 2.75) is 31.7 Å². The molecule has 2 heterocycles. The maximum absolute atomic E-state index is 13.5. The van der Waals surface area contributed by atoms with Crippen LogP contribution < -0.4 is 14.8 Å². The highest BCUT2D eigenvalue weighted by atomic mass is 35.5. The van der Waals surface area contributed by atoms with E-state index in [0.29, 0.717) is 64.9 Å². The standard InChI is InChI=1S/C25H27Cl2N3O4/c26-19-7-5-17(13-20(19)27)25(32)30-11-9-29(10-12-30)23(16-3-1-2-4-16)24(31)28-18-6-8-21-22(14-18)34-15-33-21/h5-8,13-14,16,23H,1-4,9-12,15H2,(H,28,31)/t23-/m1/s1. The third-order valence-corrected chi connectivity index (χ3v) is 7.66. The lowest BCUT2D eigenvalue weighted by atomic mass is 9.94. The van der Waals surface area contributed by atoms with Crippen molar-refractivity contribution in [1.82, 2.24) is 9.80 Å². The summed E-state index contributed by atoms with van der Waals surface area (Å²) in [6.07, 6.45) is 4.38. The van der Waals surface area contributed by atoms with E-state index in [-0.39, 0.29) is 24.6 Å². The summed E-state index contributed by atoms with van der Waals surface area (Å²) in [5.41, 5.74) is 1.22. The van der Waals surface area contributed by atoms with E-state index in [0.717, 1.165) is 25.7 Å². The van der Waals surface area contributed by atoms with Crippen LogP contribution in [0.3, 0.4) is 0 Å². The molecule has 2 aromatic rings. The second-order valence-corrected chi connectivity index (χ2v) is 9.82. The Morgan fingerprint density at radius 2 is 1.65 bits per heavy atom. The first-order chi connectivity index (χ1) is 16.5. The molecule has 2 aromatic carbocycles. The third kappa shape index (κ3) is 4.83. The highest BCUT2D eigenvalue weighted by Crippen LogP contribution is 2.35. The SMILES string of the molecule is O=C(Nc1ccc2c(c1)OCO2)[C@@H](C1CCCC1)N1CCN(C(=O)c2ccc(Cl)c(Cl)c2)CC1. The fourth-order valence-electron chi connectivity index (χ4n) is 5.16. The fraction of sp³-hybridized carbons (Fsp3) is 0.440. The van der Waals surface area contributed by atoms with Crippen molar-refractivity contribution < 1.29 is 19.1 Å². The lowest BCUT2D eigenvalue weighted by Crippen LogP contribution is -2.56. The quantitative estimate of drug-likeness (QED) is 0.641. The minimum atomic E-state index is -0.227. The number of fused-ring (bicyclic) bond motifs is 1. The van der Waals surface area contributed by atoms with Crippen LogP contribution in [0.5, 0.6) is 11.5 Å². The lowest BCUT2D eigenvalue weighted by Gasteiger charge is -2.40. The van der Waals surface area contributed by atoms with E-state index in [1.54, 1.807) is 24.3 Å². The molecule has 0 radical (unpaired) electrons. The first kappa shape index (κ1) is 23.3. The van der Waals surface area contributed by atoms with Crippen LogP contribution >= 0.6 is 23.2 Å². The maximum Gasteiger partial charge on any atom is 0.253 e. The largest absolute Gasteiger partial charge is 0.454 e. The van der Waals surface area contributed by atoms with Crippen LogP contribution in [0.15, 0.2) is 36.4 Å².